The van der Waals surface area contributed by atoms with E-state index in [1.54, 1.807) is 0 Å². The van der Waals surface area contributed by atoms with E-state index in [0.29, 0.717) is 18.7 Å². The second kappa shape index (κ2) is 7.94. The van der Waals surface area contributed by atoms with Crippen LogP contribution < -0.4 is 10.0 Å². The highest BCUT2D eigenvalue weighted by atomic mass is 32.2. The first-order chi connectivity index (χ1) is 11.4. The predicted octanol–water partition coefficient (Wildman–Crippen LogP) is 2.69. The number of sulfonamides is 1. The van der Waals surface area contributed by atoms with E-state index in [2.05, 4.69) is 10.0 Å². The number of aromatic carboxylic acids is 1. The van der Waals surface area contributed by atoms with E-state index in [1.165, 1.54) is 18.2 Å². The molecule has 0 heterocycles. The van der Waals surface area contributed by atoms with E-state index in [4.69, 9.17) is 5.11 Å². The minimum Gasteiger partial charge on any atom is -0.478 e. The summed E-state index contributed by atoms with van der Waals surface area (Å²) in [4.78, 5) is 11.1. The van der Waals surface area contributed by atoms with Crippen molar-refractivity contribution in [3.63, 3.8) is 0 Å². The van der Waals surface area contributed by atoms with Crippen LogP contribution in [-0.4, -0.2) is 26.0 Å². The quantitative estimate of drug-likeness (QED) is 0.682. The van der Waals surface area contributed by atoms with Crippen LogP contribution in [0.3, 0.4) is 0 Å². The minimum atomic E-state index is -3.79. The maximum atomic E-state index is 12.5. The number of rotatable bonds is 8. The van der Waals surface area contributed by atoms with E-state index in [9.17, 15) is 13.2 Å². The first-order valence-electron chi connectivity index (χ1n) is 7.59. The van der Waals surface area contributed by atoms with Crippen LogP contribution in [0.4, 0.5) is 5.69 Å². The number of hydrogen-bond acceptors (Lipinski definition) is 4. The normalized spacial score (nSPS) is 11.2. The molecule has 0 unspecified atom stereocenters. The molecule has 0 aromatic heterocycles. The summed E-state index contributed by atoms with van der Waals surface area (Å²) in [5, 5.41) is 12.2. The first-order valence-corrected chi connectivity index (χ1v) is 9.07. The summed E-state index contributed by atoms with van der Waals surface area (Å²) in [5.74, 6) is -1.17. The fourth-order valence-corrected chi connectivity index (χ4v) is 3.47. The van der Waals surface area contributed by atoms with Crippen LogP contribution in [0.5, 0.6) is 0 Å². The van der Waals surface area contributed by atoms with Gasteiger partial charge in [0.05, 0.1) is 11.3 Å². The van der Waals surface area contributed by atoms with Crippen molar-refractivity contribution in [3.8, 4) is 0 Å². The molecule has 2 rings (SSSR count). The number of nitrogens with one attached hydrogen (secondary N) is 2. The maximum absolute atomic E-state index is 12.5. The number of hydrogen-bond donors (Lipinski definition) is 3. The second-order valence-corrected chi connectivity index (χ2v) is 6.99. The van der Waals surface area contributed by atoms with Gasteiger partial charge in [0.25, 0.3) is 0 Å². The zero-order valence-corrected chi connectivity index (χ0v) is 14.1. The van der Waals surface area contributed by atoms with Crippen molar-refractivity contribution in [2.75, 3.05) is 11.9 Å². The van der Waals surface area contributed by atoms with Gasteiger partial charge in [-0.3, -0.25) is 0 Å². The first kappa shape index (κ1) is 18.0. The monoisotopic (exact) mass is 348 g/mol. The van der Waals surface area contributed by atoms with Gasteiger partial charge >= 0.3 is 5.97 Å². The molecule has 0 atom stereocenters. The molecule has 0 fully saturated rings. The summed E-state index contributed by atoms with van der Waals surface area (Å²) >= 11 is 0. The summed E-state index contributed by atoms with van der Waals surface area (Å²) in [6, 6.07) is 13.6. The van der Waals surface area contributed by atoms with E-state index in [1.807, 2.05) is 37.3 Å². The van der Waals surface area contributed by atoms with E-state index < -0.39 is 16.0 Å². The molecule has 6 nitrogen and oxygen atoms in total. The summed E-state index contributed by atoms with van der Waals surface area (Å²) in [7, 11) is -3.79. The molecule has 0 radical (unpaired) electrons. The molecule has 0 saturated carbocycles. The Morgan fingerprint density at radius 3 is 2.46 bits per heavy atom. The largest absolute Gasteiger partial charge is 0.478 e. The molecule has 0 amide bonds. The van der Waals surface area contributed by atoms with Gasteiger partial charge < -0.3 is 10.4 Å². The molecule has 0 aliphatic rings. The van der Waals surface area contributed by atoms with Crippen LogP contribution in [0.15, 0.2) is 53.4 Å². The third-order valence-electron chi connectivity index (χ3n) is 3.39. The van der Waals surface area contributed by atoms with Gasteiger partial charge in [0.15, 0.2) is 0 Å². The Hall–Kier alpha value is -2.38. The molecule has 0 bridgehead atoms. The fourth-order valence-electron chi connectivity index (χ4n) is 2.13. The number of carboxylic acid groups (broad SMARTS) is 1. The average molecular weight is 348 g/mol. The highest BCUT2D eigenvalue weighted by Crippen LogP contribution is 2.23. The van der Waals surface area contributed by atoms with Crippen LogP contribution in [0.25, 0.3) is 0 Å². The lowest BCUT2D eigenvalue weighted by Crippen LogP contribution is -2.25. The molecule has 2 aromatic carbocycles. The molecular formula is C17H20N2O4S. The lowest BCUT2D eigenvalue weighted by atomic mass is 10.2. The Morgan fingerprint density at radius 1 is 1.12 bits per heavy atom. The van der Waals surface area contributed by atoms with Crippen molar-refractivity contribution in [1.29, 1.82) is 0 Å². The summed E-state index contributed by atoms with van der Waals surface area (Å²) in [6.45, 7) is 2.58. The Bertz CT molecular complexity index is 805. The van der Waals surface area contributed by atoms with Crippen LogP contribution in [0.2, 0.25) is 0 Å². The van der Waals surface area contributed by atoms with Gasteiger partial charge in [-0.05, 0) is 30.2 Å². The highest BCUT2D eigenvalue weighted by molar-refractivity contribution is 7.89. The Kier molecular flexibility index (Phi) is 5.94. The Labute approximate surface area is 141 Å². The van der Waals surface area contributed by atoms with Crippen molar-refractivity contribution in [2.45, 2.75) is 24.8 Å². The minimum absolute atomic E-state index is 0.0632. The fraction of sp³-hybridized carbons (Fsp3) is 0.235. The van der Waals surface area contributed by atoms with Gasteiger partial charge in [-0.25, -0.2) is 17.9 Å². The van der Waals surface area contributed by atoms with Crippen molar-refractivity contribution >= 4 is 21.7 Å². The van der Waals surface area contributed by atoms with Crippen molar-refractivity contribution in [2.24, 2.45) is 0 Å². The van der Waals surface area contributed by atoms with Gasteiger partial charge in [-0.2, -0.15) is 0 Å². The summed E-state index contributed by atoms with van der Waals surface area (Å²) in [6.07, 6.45) is 0.643. The van der Waals surface area contributed by atoms with Crippen LogP contribution in [0, 0.1) is 0 Å². The molecule has 24 heavy (non-hydrogen) atoms. The molecule has 0 aliphatic heterocycles. The van der Waals surface area contributed by atoms with Crippen LogP contribution in [0.1, 0.15) is 29.3 Å². The van der Waals surface area contributed by atoms with E-state index in [-0.39, 0.29) is 17.0 Å². The topological polar surface area (TPSA) is 95.5 Å². The average Bonchev–Trinajstić information content (AvgIpc) is 2.59. The van der Waals surface area contributed by atoms with Crippen molar-refractivity contribution < 1.29 is 18.3 Å². The van der Waals surface area contributed by atoms with Gasteiger partial charge in [-0.1, -0.05) is 37.3 Å². The molecular weight excluding hydrogens is 328 g/mol. The van der Waals surface area contributed by atoms with Gasteiger partial charge in [0.2, 0.25) is 10.0 Å². The molecule has 7 heteroatoms. The standard InChI is InChI=1S/C17H20N2O4S/c1-2-10-19-24(22,23)16-11-14(17(20)21)8-9-15(16)18-12-13-6-4-3-5-7-13/h3-9,11,18-19H,2,10,12H2,1H3,(H,20,21). The molecule has 128 valence electrons. The second-order valence-electron chi connectivity index (χ2n) is 5.25. The molecule has 2 aromatic rings. The number of carboxylic acids is 1. The Balaban J connectivity index is 2.34. The zero-order valence-electron chi connectivity index (χ0n) is 13.3. The zero-order chi connectivity index (χ0) is 17.6. The Morgan fingerprint density at radius 2 is 1.83 bits per heavy atom. The number of carbonyl (C=O) groups is 1. The smallest absolute Gasteiger partial charge is 0.335 e. The van der Waals surface area contributed by atoms with Crippen LogP contribution in [-0.2, 0) is 16.6 Å². The van der Waals surface area contributed by atoms with E-state index >= 15 is 0 Å². The SMILES string of the molecule is CCCNS(=O)(=O)c1cc(C(=O)O)ccc1NCc1ccccc1. The predicted molar refractivity (Wildman–Crippen MR) is 92.6 cm³/mol. The van der Waals surface area contributed by atoms with Gasteiger partial charge in [0.1, 0.15) is 4.90 Å². The third kappa shape index (κ3) is 4.56. The maximum Gasteiger partial charge on any atom is 0.335 e. The molecule has 0 saturated heterocycles. The van der Waals surface area contributed by atoms with Gasteiger partial charge in [-0.15, -0.1) is 0 Å². The molecule has 0 spiro atoms. The van der Waals surface area contributed by atoms with Crippen LogP contribution >= 0.6 is 0 Å². The van der Waals surface area contributed by atoms with Crippen molar-refractivity contribution in [3.05, 3.63) is 59.7 Å². The lowest BCUT2D eigenvalue weighted by Gasteiger charge is -2.14. The third-order valence-corrected chi connectivity index (χ3v) is 4.89. The van der Waals surface area contributed by atoms with Crippen molar-refractivity contribution in [1.82, 2.24) is 4.72 Å². The summed E-state index contributed by atoms with van der Waals surface area (Å²) in [5.41, 5.74) is 1.29. The molecule has 3 N–H and O–H groups in total. The molecule has 0 aliphatic carbocycles. The summed E-state index contributed by atoms with van der Waals surface area (Å²) < 4.78 is 27.4. The highest BCUT2D eigenvalue weighted by Gasteiger charge is 2.20. The lowest BCUT2D eigenvalue weighted by molar-refractivity contribution is 0.0696. The van der Waals surface area contributed by atoms with E-state index in [0.717, 1.165) is 5.56 Å². The number of anilines is 1. The number of benzene rings is 2. The van der Waals surface area contributed by atoms with Gasteiger partial charge in [0, 0.05) is 13.1 Å².